The van der Waals surface area contributed by atoms with Gasteiger partial charge in [-0.1, -0.05) is 45.9 Å². The summed E-state index contributed by atoms with van der Waals surface area (Å²) < 4.78 is 2.87. The molecule has 0 radical (unpaired) electrons. The van der Waals surface area contributed by atoms with Crippen molar-refractivity contribution in [2.24, 2.45) is 0 Å². The molecule has 0 aliphatic heterocycles. The normalized spacial score (nSPS) is 10.6. The van der Waals surface area contributed by atoms with Gasteiger partial charge in [-0.05, 0) is 25.1 Å². The number of carbonyl (C=O) groups excluding carboxylic acids is 1. The van der Waals surface area contributed by atoms with Crippen LogP contribution < -0.4 is 5.32 Å². The van der Waals surface area contributed by atoms with Gasteiger partial charge in [-0.15, -0.1) is 10.2 Å². The molecule has 1 amide bonds. The van der Waals surface area contributed by atoms with E-state index in [1.54, 1.807) is 0 Å². The van der Waals surface area contributed by atoms with Crippen LogP contribution in [-0.2, 0) is 11.3 Å². The van der Waals surface area contributed by atoms with Crippen LogP contribution >= 0.6 is 27.7 Å². The average molecular weight is 462 g/mol. The number of nitrogens with zero attached hydrogens (tertiary/aromatic N) is 4. The summed E-state index contributed by atoms with van der Waals surface area (Å²) in [6, 6.07) is 13.4. The lowest BCUT2D eigenvalue weighted by Gasteiger charge is -2.09. The Hall–Kier alpha value is -2.72. The van der Waals surface area contributed by atoms with E-state index < -0.39 is 4.92 Å². The monoisotopic (exact) mass is 461 g/mol. The second-order valence-corrected chi connectivity index (χ2v) is 7.47. The van der Waals surface area contributed by atoms with Gasteiger partial charge in [0.15, 0.2) is 11.0 Å². The van der Waals surface area contributed by atoms with Gasteiger partial charge in [0.05, 0.1) is 10.7 Å². The van der Waals surface area contributed by atoms with E-state index in [1.165, 1.54) is 36.0 Å². The highest BCUT2D eigenvalue weighted by molar-refractivity contribution is 9.10. The molecule has 144 valence electrons. The maximum absolute atomic E-state index is 12.2. The van der Waals surface area contributed by atoms with Gasteiger partial charge >= 0.3 is 0 Å². The topological polar surface area (TPSA) is 103 Å². The van der Waals surface area contributed by atoms with Crippen LogP contribution in [0.15, 0.2) is 58.2 Å². The molecule has 0 aliphatic rings. The van der Waals surface area contributed by atoms with Gasteiger partial charge in [-0.3, -0.25) is 14.9 Å². The number of nitro benzene ring substituents is 1. The van der Waals surface area contributed by atoms with Crippen molar-refractivity contribution in [3.8, 4) is 11.4 Å². The molecule has 0 spiro atoms. The zero-order chi connectivity index (χ0) is 20.1. The van der Waals surface area contributed by atoms with Crippen molar-refractivity contribution in [1.29, 1.82) is 0 Å². The van der Waals surface area contributed by atoms with Gasteiger partial charge in [0.1, 0.15) is 0 Å². The number of amides is 1. The smallest absolute Gasteiger partial charge is 0.269 e. The van der Waals surface area contributed by atoms with E-state index in [2.05, 4.69) is 31.4 Å². The quantitative estimate of drug-likeness (QED) is 0.318. The van der Waals surface area contributed by atoms with Gasteiger partial charge in [0.2, 0.25) is 5.91 Å². The number of rotatable bonds is 7. The first-order valence-corrected chi connectivity index (χ1v) is 10.1. The highest BCUT2D eigenvalue weighted by Crippen LogP contribution is 2.29. The molecule has 0 saturated carbocycles. The molecule has 0 unspecified atom stereocenters. The van der Waals surface area contributed by atoms with Crippen LogP contribution in [0.3, 0.4) is 0 Å². The van der Waals surface area contributed by atoms with Crippen LogP contribution in [0.5, 0.6) is 0 Å². The minimum atomic E-state index is -0.484. The Labute approximate surface area is 173 Å². The largest absolute Gasteiger partial charge is 0.325 e. The van der Waals surface area contributed by atoms with Crippen molar-refractivity contribution >= 4 is 45.0 Å². The van der Waals surface area contributed by atoms with Gasteiger partial charge in [0.25, 0.3) is 5.69 Å². The number of hydrogen-bond donors (Lipinski definition) is 1. The third-order valence-corrected chi connectivity index (χ3v) is 5.50. The van der Waals surface area contributed by atoms with Gasteiger partial charge in [-0.25, -0.2) is 0 Å². The fraction of sp³-hybridized carbons (Fsp3) is 0.167. The number of aromatic nitrogens is 3. The molecule has 0 saturated heterocycles. The van der Waals surface area contributed by atoms with Crippen LogP contribution in [0, 0.1) is 10.1 Å². The van der Waals surface area contributed by atoms with Crippen LogP contribution in [0.4, 0.5) is 11.4 Å². The Balaban J connectivity index is 1.67. The molecule has 3 aromatic rings. The van der Waals surface area contributed by atoms with Crippen molar-refractivity contribution in [3.05, 3.63) is 63.1 Å². The second kappa shape index (κ2) is 8.98. The van der Waals surface area contributed by atoms with Crippen molar-refractivity contribution in [2.75, 3.05) is 11.1 Å². The van der Waals surface area contributed by atoms with Crippen LogP contribution in [0.2, 0.25) is 0 Å². The van der Waals surface area contributed by atoms with Crippen LogP contribution in [0.1, 0.15) is 6.92 Å². The number of halogens is 1. The first-order chi connectivity index (χ1) is 13.5. The Morgan fingerprint density at radius 3 is 2.57 bits per heavy atom. The summed E-state index contributed by atoms with van der Waals surface area (Å²) in [5.74, 6) is 0.644. The van der Waals surface area contributed by atoms with Gasteiger partial charge in [0, 0.05) is 34.4 Å². The zero-order valence-electron chi connectivity index (χ0n) is 14.8. The number of hydrogen-bond acceptors (Lipinski definition) is 6. The summed E-state index contributed by atoms with van der Waals surface area (Å²) in [5.41, 5.74) is 1.41. The standard InChI is InChI=1S/C18H16BrN5O3S/c1-2-23-17(14-5-3-4-6-15(14)19)21-22-18(23)28-11-16(25)20-12-7-9-13(10-8-12)24(26)27/h3-10H,2,11H2,1H3,(H,20,25). The molecule has 2 aromatic carbocycles. The summed E-state index contributed by atoms with van der Waals surface area (Å²) in [4.78, 5) is 22.4. The van der Waals surface area contributed by atoms with Crippen molar-refractivity contribution in [2.45, 2.75) is 18.6 Å². The minimum Gasteiger partial charge on any atom is -0.325 e. The molecule has 3 rings (SSSR count). The van der Waals surface area contributed by atoms with Crippen LogP contribution in [0.25, 0.3) is 11.4 Å². The Morgan fingerprint density at radius 2 is 1.93 bits per heavy atom. The summed E-state index contributed by atoms with van der Waals surface area (Å²) in [5, 5.41) is 22.5. The molecule has 10 heteroatoms. The highest BCUT2D eigenvalue weighted by atomic mass is 79.9. The molecule has 0 atom stereocenters. The van der Waals surface area contributed by atoms with Crippen molar-refractivity contribution in [1.82, 2.24) is 14.8 Å². The SMILES string of the molecule is CCn1c(SCC(=O)Nc2ccc([N+](=O)[O-])cc2)nnc1-c1ccccc1Br. The first kappa shape index (κ1) is 20.0. The van der Waals surface area contributed by atoms with E-state index >= 15 is 0 Å². The first-order valence-electron chi connectivity index (χ1n) is 8.34. The lowest BCUT2D eigenvalue weighted by Crippen LogP contribution is -2.14. The Bertz CT molecular complexity index is 1010. The molecule has 1 N–H and O–H groups in total. The van der Waals surface area contributed by atoms with E-state index in [4.69, 9.17) is 0 Å². The second-order valence-electron chi connectivity index (χ2n) is 5.67. The number of nitro groups is 1. The Kier molecular flexibility index (Phi) is 6.42. The highest BCUT2D eigenvalue weighted by Gasteiger charge is 2.16. The lowest BCUT2D eigenvalue weighted by atomic mass is 10.2. The molecule has 0 bridgehead atoms. The number of thioether (sulfide) groups is 1. The fourth-order valence-corrected chi connectivity index (χ4v) is 3.78. The van der Waals surface area contributed by atoms with E-state index in [1.807, 2.05) is 35.8 Å². The zero-order valence-corrected chi connectivity index (χ0v) is 17.2. The molecule has 8 nitrogen and oxygen atoms in total. The molecule has 1 heterocycles. The third kappa shape index (κ3) is 4.57. The average Bonchev–Trinajstić information content (AvgIpc) is 3.10. The third-order valence-electron chi connectivity index (χ3n) is 3.84. The summed E-state index contributed by atoms with van der Waals surface area (Å²) in [6.45, 7) is 2.65. The minimum absolute atomic E-state index is 0.0250. The van der Waals surface area contributed by atoms with E-state index in [0.29, 0.717) is 17.4 Å². The van der Waals surface area contributed by atoms with Gasteiger partial charge < -0.3 is 9.88 Å². The molecular formula is C18H16BrN5O3S. The fourth-order valence-electron chi connectivity index (χ4n) is 2.52. The van der Waals surface area contributed by atoms with Gasteiger partial charge in [-0.2, -0.15) is 0 Å². The molecular weight excluding hydrogens is 446 g/mol. The molecule has 0 aliphatic carbocycles. The number of benzene rings is 2. The molecule has 0 fully saturated rings. The number of carbonyl (C=O) groups is 1. The van der Waals surface area contributed by atoms with Crippen LogP contribution in [-0.4, -0.2) is 31.3 Å². The Morgan fingerprint density at radius 1 is 1.21 bits per heavy atom. The van der Waals surface area contributed by atoms with Crippen molar-refractivity contribution < 1.29 is 9.72 Å². The summed E-state index contributed by atoms with van der Waals surface area (Å²) in [7, 11) is 0. The maximum atomic E-state index is 12.2. The summed E-state index contributed by atoms with van der Waals surface area (Å²) >= 11 is 4.81. The number of nitrogens with one attached hydrogen (secondary N) is 1. The number of anilines is 1. The predicted molar refractivity (Wildman–Crippen MR) is 111 cm³/mol. The number of non-ortho nitro benzene ring substituents is 1. The maximum Gasteiger partial charge on any atom is 0.269 e. The predicted octanol–water partition coefficient (Wildman–Crippen LogP) is 4.37. The lowest BCUT2D eigenvalue weighted by molar-refractivity contribution is -0.384. The van der Waals surface area contributed by atoms with E-state index in [-0.39, 0.29) is 17.3 Å². The van der Waals surface area contributed by atoms with E-state index in [0.717, 1.165) is 15.9 Å². The molecule has 1 aromatic heterocycles. The van der Waals surface area contributed by atoms with Crippen molar-refractivity contribution in [3.63, 3.8) is 0 Å². The van der Waals surface area contributed by atoms with E-state index in [9.17, 15) is 14.9 Å². The summed E-state index contributed by atoms with van der Waals surface area (Å²) in [6.07, 6.45) is 0. The molecule has 28 heavy (non-hydrogen) atoms.